The van der Waals surface area contributed by atoms with Gasteiger partial charge < -0.3 is 10.2 Å². The van der Waals surface area contributed by atoms with Gasteiger partial charge >= 0.3 is 0 Å². The molecule has 0 atom stereocenters. The van der Waals surface area contributed by atoms with Crippen LogP contribution in [-0.2, 0) is 0 Å². The lowest BCUT2D eigenvalue weighted by Crippen LogP contribution is -2.38. The zero-order valence-corrected chi connectivity index (χ0v) is 18.5. The lowest BCUT2D eigenvalue weighted by molar-refractivity contribution is 0.0773. The first-order valence-electron chi connectivity index (χ1n) is 9.54. The van der Waals surface area contributed by atoms with E-state index < -0.39 is 0 Å². The lowest BCUT2D eigenvalue weighted by atomic mass is 10.1. The highest BCUT2D eigenvalue weighted by molar-refractivity contribution is 7.99. The first kappa shape index (κ1) is 22.1. The number of hydrogen-bond donors (Lipinski definition) is 1. The van der Waals surface area contributed by atoms with E-state index in [1.165, 1.54) is 6.92 Å². The fraction of sp³-hybridized carbons (Fsp3) is 0.273. The number of aryl methyl sites for hydroxylation is 1. The van der Waals surface area contributed by atoms with Gasteiger partial charge in [-0.15, -0.1) is 12.4 Å². The van der Waals surface area contributed by atoms with E-state index in [-0.39, 0.29) is 24.1 Å². The zero-order valence-electron chi connectivity index (χ0n) is 16.8. The summed E-state index contributed by atoms with van der Waals surface area (Å²) in [5, 5.41) is 4.14. The highest BCUT2D eigenvalue weighted by atomic mass is 35.5. The molecule has 0 spiro atoms. The molecular weight excluding hydrogens is 420 g/mol. The van der Waals surface area contributed by atoms with Crippen molar-refractivity contribution in [1.82, 2.24) is 14.9 Å². The highest BCUT2D eigenvalue weighted by Gasteiger charge is 2.23. The second kappa shape index (κ2) is 9.45. The van der Waals surface area contributed by atoms with Crippen LogP contribution in [0.25, 0.3) is 11.0 Å². The van der Waals surface area contributed by atoms with E-state index in [0.29, 0.717) is 22.5 Å². The number of halogens is 1. The second-order valence-corrected chi connectivity index (χ2v) is 8.26. The number of nitrogens with one attached hydrogen (secondary N) is 1. The molecule has 1 saturated heterocycles. The average molecular weight is 443 g/mol. The molecule has 2 aromatic heterocycles. The molecule has 0 radical (unpaired) electrons. The van der Waals surface area contributed by atoms with Crippen LogP contribution in [0.2, 0.25) is 0 Å². The summed E-state index contributed by atoms with van der Waals surface area (Å²) < 4.78 is 0. The van der Waals surface area contributed by atoms with Crippen molar-refractivity contribution in [3.05, 3.63) is 59.4 Å². The largest absolute Gasteiger partial charge is 0.354 e. The third kappa shape index (κ3) is 4.57. The van der Waals surface area contributed by atoms with Gasteiger partial charge in [-0.25, -0.2) is 9.97 Å². The quantitative estimate of drug-likeness (QED) is 0.600. The van der Waals surface area contributed by atoms with Crippen LogP contribution in [0, 0.1) is 6.92 Å². The van der Waals surface area contributed by atoms with Gasteiger partial charge in [0, 0.05) is 53.1 Å². The Balaban J connectivity index is 0.00000256. The van der Waals surface area contributed by atoms with Gasteiger partial charge in [0.15, 0.2) is 11.4 Å². The summed E-state index contributed by atoms with van der Waals surface area (Å²) in [4.78, 5) is 35.9. The van der Waals surface area contributed by atoms with Crippen LogP contribution in [-0.4, -0.2) is 51.2 Å². The first-order chi connectivity index (χ1) is 14.0. The molecule has 1 aliphatic heterocycles. The molecule has 0 unspecified atom stereocenters. The van der Waals surface area contributed by atoms with Crippen molar-refractivity contribution in [1.29, 1.82) is 0 Å². The van der Waals surface area contributed by atoms with Gasteiger partial charge in [-0.1, -0.05) is 12.1 Å². The summed E-state index contributed by atoms with van der Waals surface area (Å²) in [6.45, 7) is 4.91. The number of thioether (sulfide) groups is 1. The van der Waals surface area contributed by atoms with Gasteiger partial charge in [0.05, 0.1) is 11.3 Å². The minimum absolute atomic E-state index is 0. The molecule has 6 nitrogen and oxygen atoms in total. The standard InChI is InChI=1S/C22H22N4O2S.ClH/c1-14-6-7-18-20(25-17-5-3-4-16(12-17)15(2)27)19(13-23-21(18)24-14)22(28)26-8-10-29-11-9-26;/h3-7,12-13H,8-11H2,1-2H3,(H,23,24,25);1H. The van der Waals surface area contributed by atoms with Crippen molar-refractivity contribution in [2.45, 2.75) is 13.8 Å². The van der Waals surface area contributed by atoms with Gasteiger partial charge in [0.1, 0.15) is 0 Å². The fourth-order valence-electron chi connectivity index (χ4n) is 3.37. The molecule has 3 aromatic rings. The Labute approximate surface area is 185 Å². The van der Waals surface area contributed by atoms with Crippen molar-refractivity contribution in [2.75, 3.05) is 29.9 Å². The summed E-state index contributed by atoms with van der Waals surface area (Å²) >= 11 is 1.86. The first-order valence-corrected chi connectivity index (χ1v) is 10.7. The van der Waals surface area contributed by atoms with Crippen LogP contribution >= 0.6 is 24.2 Å². The molecule has 1 fully saturated rings. The Morgan fingerprint density at radius 3 is 2.63 bits per heavy atom. The van der Waals surface area contributed by atoms with Gasteiger partial charge in [0.2, 0.25) is 0 Å². The summed E-state index contributed by atoms with van der Waals surface area (Å²) in [6, 6.07) is 11.1. The molecule has 156 valence electrons. The van der Waals surface area contributed by atoms with Crippen molar-refractivity contribution < 1.29 is 9.59 Å². The van der Waals surface area contributed by atoms with Crippen molar-refractivity contribution in [3.8, 4) is 0 Å². The van der Waals surface area contributed by atoms with Crippen LogP contribution in [0.5, 0.6) is 0 Å². The van der Waals surface area contributed by atoms with E-state index in [4.69, 9.17) is 0 Å². The Kier molecular flexibility index (Phi) is 6.95. The van der Waals surface area contributed by atoms with Crippen molar-refractivity contribution in [3.63, 3.8) is 0 Å². The van der Waals surface area contributed by atoms with Crippen LogP contribution in [0.1, 0.15) is 33.3 Å². The normalized spacial score (nSPS) is 13.6. The summed E-state index contributed by atoms with van der Waals surface area (Å²) in [6.07, 6.45) is 1.61. The molecule has 1 aromatic carbocycles. The molecule has 4 rings (SSSR count). The number of Topliss-reactive ketones (excluding diaryl/α,β-unsaturated/α-hetero) is 1. The number of pyridine rings is 2. The number of ketones is 1. The smallest absolute Gasteiger partial charge is 0.257 e. The van der Waals surface area contributed by atoms with Gasteiger partial charge in [-0.3, -0.25) is 9.59 Å². The Morgan fingerprint density at radius 2 is 1.90 bits per heavy atom. The zero-order chi connectivity index (χ0) is 20.4. The maximum absolute atomic E-state index is 13.3. The predicted octanol–water partition coefficient (Wildman–Crippen LogP) is 4.50. The number of anilines is 2. The van der Waals surface area contributed by atoms with E-state index in [1.54, 1.807) is 18.3 Å². The number of hydrogen-bond acceptors (Lipinski definition) is 6. The van der Waals surface area contributed by atoms with Crippen LogP contribution < -0.4 is 5.32 Å². The molecule has 8 heteroatoms. The number of nitrogens with zero attached hydrogens (tertiary/aromatic N) is 3. The number of fused-ring (bicyclic) bond motifs is 1. The maximum Gasteiger partial charge on any atom is 0.257 e. The number of amides is 1. The van der Waals surface area contributed by atoms with Crippen molar-refractivity contribution >= 4 is 58.3 Å². The highest BCUT2D eigenvalue weighted by Crippen LogP contribution is 2.30. The minimum atomic E-state index is -0.0366. The maximum atomic E-state index is 13.3. The molecule has 0 aliphatic carbocycles. The Hall–Kier alpha value is -2.64. The Bertz CT molecular complexity index is 1100. The van der Waals surface area contributed by atoms with E-state index in [2.05, 4.69) is 15.3 Å². The topological polar surface area (TPSA) is 75.2 Å². The molecule has 1 aliphatic rings. The summed E-state index contributed by atoms with van der Waals surface area (Å²) in [5.41, 5.74) is 4.00. The summed E-state index contributed by atoms with van der Waals surface area (Å²) in [7, 11) is 0. The summed E-state index contributed by atoms with van der Waals surface area (Å²) in [5.74, 6) is 1.84. The molecular formula is C22H23ClN4O2S. The van der Waals surface area contributed by atoms with Gasteiger partial charge in [-0.2, -0.15) is 11.8 Å². The molecule has 0 saturated carbocycles. The molecule has 0 bridgehead atoms. The predicted molar refractivity (Wildman–Crippen MR) is 124 cm³/mol. The van der Waals surface area contributed by atoms with Crippen LogP contribution in [0.15, 0.2) is 42.6 Å². The monoisotopic (exact) mass is 442 g/mol. The van der Waals surface area contributed by atoms with E-state index in [0.717, 1.165) is 41.4 Å². The van der Waals surface area contributed by atoms with Crippen LogP contribution in [0.4, 0.5) is 11.4 Å². The molecule has 1 amide bonds. The number of aromatic nitrogens is 2. The molecule has 3 heterocycles. The van der Waals surface area contributed by atoms with Crippen LogP contribution in [0.3, 0.4) is 0 Å². The number of rotatable bonds is 4. The number of benzene rings is 1. The second-order valence-electron chi connectivity index (χ2n) is 7.04. The van der Waals surface area contributed by atoms with E-state index >= 15 is 0 Å². The minimum Gasteiger partial charge on any atom is -0.354 e. The third-order valence-electron chi connectivity index (χ3n) is 4.94. The number of carbonyl (C=O) groups is 2. The fourth-order valence-corrected chi connectivity index (χ4v) is 4.27. The lowest BCUT2D eigenvalue weighted by Gasteiger charge is -2.27. The van der Waals surface area contributed by atoms with E-state index in [1.807, 2.05) is 47.9 Å². The molecule has 1 N–H and O–H groups in total. The third-order valence-corrected chi connectivity index (χ3v) is 5.88. The Morgan fingerprint density at radius 1 is 1.13 bits per heavy atom. The van der Waals surface area contributed by atoms with Gasteiger partial charge in [-0.05, 0) is 38.1 Å². The number of carbonyl (C=O) groups excluding carboxylic acids is 2. The van der Waals surface area contributed by atoms with Crippen molar-refractivity contribution in [2.24, 2.45) is 0 Å². The average Bonchev–Trinajstić information content (AvgIpc) is 2.74. The van der Waals surface area contributed by atoms with Gasteiger partial charge in [0.25, 0.3) is 5.91 Å². The molecule has 30 heavy (non-hydrogen) atoms. The SMILES string of the molecule is CC(=O)c1cccc(Nc2c(C(=O)N3CCSCC3)cnc3nc(C)ccc23)c1.Cl. The van der Waals surface area contributed by atoms with E-state index in [9.17, 15) is 9.59 Å².